The van der Waals surface area contributed by atoms with Crippen LogP contribution in [0.5, 0.6) is 0 Å². The van der Waals surface area contributed by atoms with Gasteiger partial charge in [-0.1, -0.05) is 36.4 Å². The van der Waals surface area contributed by atoms with Gasteiger partial charge in [-0.05, 0) is 0 Å². The summed E-state index contributed by atoms with van der Waals surface area (Å²) in [6.07, 6.45) is 5.33. The topological polar surface area (TPSA) is 0 Å². The molecule has 52 heavy (non-hydrogen) atoms. The molecule has 0 spiro atoms. The van der Waals surface area contributed by atoms with E-state index < -0.39 is 0 Å². The van der Waals surface area contributed by atoms with E-state index in [1.807, 2.05) is 0 Å². The van der Waals surface area contributed by atoms with Gasteiger partial charge in [0, 0.05) is 0 Å². The van der Waals surface area contributed by atoms with Gasteiger partial charge in [-0.3, -0.25) is 0 Å². The molecule has 0 N–H and O–H groups in total. The van der Waals surface area contributed by atoms with Crippen LogP contribution in [-0.4, -0.2) is 12.4 Å². The van der Waals surface area contributed by atoms with Crippen LogP contribution in [0.4, 0.5) is 0 Å². The van der Waals surface area contributed by atoms with Crippen LogP contribution in [0.15, 0.2) is 200 Å². The molecule has 0 bridgehead atoms. The SMILES string of the molecule is B(Cc1ccc(-c2ccc(C3c4ccccc4-c4ccccc43)cc2)cc1)=C(/C=C/c1ccc(-c2cccc3ccccc23)cc1)c1ccccc1. The molecular weight excluding hydrogens is 623 g/mol. The van der Waals surface area contributed by atoms with Crippen LogP contribution in [0.3, 0.4) is 0 Å². The molecule has 8 aromatic rings. The number of hydrogen-bond donors (Lipinski definition) is 0. The third kappa shape index (κ3) is 6.27. The van der Waals surface area contributed by atoms with Gasteiger partial charge in [0.1, 0.15) is 0 Å². The van der Waals surface area contributed by atoms with Crippen molar-refractivity contribution in [2.45, 2.75) is 12.2 Å². The van der Waals surface area contributed by atoms with Crippen molar-refractivity contribution in [2.24, 2.45) is 0 Å². The van der Waals surface area contributed by atoms with Gasteiger partial charge >= 0.3 is 272 Å². The fourth-order valence-corrected chi connectivity index (χ4v) is 7.79. The summed E-state index contributed by atoms with van der Waals surface area (Å²) >= 11 is 0. The van der Waals surface area contributed by atoms with Crippen LogP contribution < -0.4 is 0 Å². The van der Waals surface area contributed by atoms with Gasteiger partial charge in [-0.25, -0.2) is 0 Å². The second-order valence-corrected chi connectivity index (χ2v) is 13.6. The van der Waals surface area contributed by atoms with E-state index in [4.69, 9.17) is 0 Å². The Hall–Kier alpha value is -6.31. The zero-order valence-electron chi connectivity index (χ0n) is 29.0. The molecule has 1 aliphatic carbocycles. The van der Waals surface area contributed by atoms with Crippen molar-refractivity contribution in [1.29, 1.82) is 0 Å². The first kappa shape index (κ1) is 31.7. The molecule has 244 valence electrons. The molecule has 0 heterocycles. The molecule has 9 rings (SSSR count). The molecule has 0 saturated carbocycles. The number of hydrogen-bond acceptors (Lipinski definition) is 0. The van der Waals surface area contributed by atoms with Gasteiger partial charge in [-0.15, -0.1) is 0 Å². The molecule has 0 fully saturated rings. The Kier molecular flexibility index (Phi) is 8.61. The molecule has 8 aromatic carbocycles. The fourth-order valence-electron chi connectivity index (χ4n) is 7.79. The molecule has 1 aliphatic rings. The summed E-state index contributed by atoms with van der Waals surface area (Å²) in [5.41, 5.74) is 16.7. The van der Waals surface area contributed by atoms with Crippen molar-refractivity contribution >= 4 is 29.2 Å². The Balaban J connectivity index is 0.921. The van der Waals surface area contributed by atoms with Crippen LogP contribution in [0.2, 0.25) is 0 Å². The van der Waals surface area contributed by atoms with E-state index >= 15 is 0 Å². The third-order valence-corrected chi connectivity index (χ3v) is 10.5. The second kappa shape index (κ2) is 14.1. The second-order valence-electron chi connectivity index (χ2n) is 13.6. The van der Waals surface area contributed by atoms with Crippen LogP contribution in [0.25, 0.3) is 50.2 Å². The number of benzene rings is 8. The van der Waals surface area contributed by atoms with Crippen molar-refractivity contribution in [2.75, 3.05) is 0 Å². The molecular formula is C51H37B. The maximum atomic E-state index is 2.34. The van der Waals surface area contributed by atoms with Gasteiger partial charge in [0.2, 0.25) is 0 Å². The number of rotatable bonds is 8. The summed E-state index contributed by atoms with van der Waals surface area (Å²) < 4.78 is 0. The average molecular weight is 661 g/mol. The van der Waals surface area contributed by atoms with Crippen molar-refractivity contribution in [3.63, 3.8) is 0 Å². The van der Waals surface area contributed by atoms with Crippen LogP contribution >= 0.6 is 0 Å². The summed E-state index contributed by atoms with van der Waals surface area (Å²) in [5.74, 6) is 0.276. The van der Waals surface area contributed by atoms with E-state index in [1.165, 1.54) is 83.0 Å². The van der Waals surface area contributed by atoms with E-state index in [1.54, 1.807) is 0 Å². The number of fused-ring (bicyclic) bond motifs is 4. The van der Waals surface area contributed by atoms with E-state index in [0.717, 1.165) is 6.32 Å². The molecule has 0 amide bonds. The molecule has 0 unspecified atom stereocenters. The third-order valence-electron chi connectivity index (χ3n) is 10.5. The van der Waals surface area contributed by atoms with Crippen molar-refractivity contribution in [1.82, 2.24) is 0 Å². The Morgan fingerprint density at radius 1 is 0.462 bits per heavy atom. The predicted octanol–water partition coefficient (Wildman–Crippen LogP) is 12.5. The predicted molar refractivity (Wildman–Crippen MR) is 223 cm³/mol. The quantitative estimate of drug-likeness (QED) is 0.142. The van der Waals surface area contributed by atoms with E-state index in [-0.39, 0.29) is 5.92 Å². The average Bonchev–Trinajstić information content (AvgIpc) is 3.56. The minimum atomic E-state index is 0.276. The summed E-state index contributed by atoms with van der Waals surface area (Å²) in [6, 6.07) is 70.6. The van der Waals surface area contributed by atoms with Gasteiger partial charge in [0.15, 0.2) is 0 Å². The van der Waals surface area contributed by atoms with E-state index in [0.29, 0.717) is 0 Å². The molecule has 0 aromatic heterocycles. The Labute approximate surface area is 307 Å². The Morgan fingerprint density at radius 3 is 1.73 bits per heavy atom. The first-order valence-corrected chi connectivity index (χ1v) is 18.2. The monoisotopic (exact) mass is 660 g/mol. The molecule has 1 heteroatoms. The zero-order valence-corrected chi connectivity index (χ0v) is 29.0. The molecule has 0 nitrogen and oxygen atoms in total. The van der Waals surface area contributed by atoms with Gasteiger partial charge < -0.3 is 0 Å². The van der Waals surface area contributed by atoms with Gasteiger partial charge in [-0.2, -0.15) is 0 Å². The summed E-state index contributed by atoms with van der Waals surface area (Å²) in [5, 5.41) is 2.55. The van der Waals surface area contributed by atoms with Crippen molar-refractivity contribution < 1.29 is 0 Å². The van der Waals surface area contributed by atoms with Crippen LogP contribution in [-0.2, 0) is 6.32 Å². The molecule has 0 radical (unpaired) electrons. The summed E-state index contributed by atoms with van der Waals surface area (Å²) in [4.78, 5) is 0. The summed E-state index contributed by atoms with van der Waals surface area (Å²) in [7, 11) is 0. The first-order chi connectivity index (χ1) is 25.8. The van der Waals surface area contributed by atoms with Crippen LogP contribution in [0.1, 0.15) is 39.3 Å². The maximum absolute atomic E-state index is 2.34. The normalized spacial score (nSPS) is 12.5. The zero-order chi connectivity index (χ0) is 34.7. The standard InChI is InChI=1S/C51H37B/c1-2-12-42(13-3-1)50(34-25-36-21-28-41(29-22-36)45-20-10-14-40-11-4-5-15-44(40)45)52-35-37-23-26-38(27-24-37)39-30-32-43(33-31-39)51-48-18-8-6-16-46(48)47-17-7-9-19-49(47)51/h1-34,51H,35H2/b34-25+. The number of allylic oxidation sites excluding steroid dienone is 1. The molecule has 0 aliphatic heterocycles. The molecule has 0 saturated heterocycles. The van der Waals surface area contributed by atoms with Gasteiger partial charge in [0.25, 0.3) is 0 Å². The minimum absolute atomic E-state index is 0.276. The van der Waals surface area contributed by atoms with Crippen molar-refractivity contribution in [3.8, 4) is 33.4 Å². The molecule has 0 atom stereocenters. The van der Waals surface area contributed by atoms with E-state index in [9.17, 15) is 0 Å². The van der Waals surface area contributed by atoms with Crippen LogP contribution in [0, 0.1) is 0 Å². The Bertz CT molecular complexity index is 2510. The fraction of sp³-hybridized carbons (Fsp3) is 0.0392. The van der Waals surface area contributed by atoms with Crippen molar-refractivity contribution in [3.05, 3.63) is 234 Å². The van der Waals surface area contributed by atoms with E-state index in [2.05, 4.69) is 213 Å². The first-order valence-electron chi connectivity index (χ1n) is 18.2. The summed E-state index contributed by atoms with van der Waals surface area (Å²) in [6.45, 7) is 2.34. The van der Waals surface area contributed by atoms with Gasteiger partial charge in [0.05, 0.1) is 0 Å². The Morgan fingerprint density at radius 2 is 1.02 bits per heavy atom.